The van der Waals surface area contributed by atoms with Gasteiger partial charge in [-0.05, 0) is 18.4 Å². The summed E-state index contributed by atoms with van der Waals surface area (Å²) in [6.07, 6.45) is 2.33. The van der Waals surface area contributed by atoms with Crippen molar-refractivity contribution in [2.24, 2.45) is 0 Å². The van der Waals surface area contributed by atoms with Crippen LogP contribution < -0.4 is 5.32 Å². The van der Waals surface area contributed by atoms with Crippen LogP contribution in [0.3, 0.4) is 0 Å². The van der Waals surface area contributed by atoms with E-state index in [1.165, 1.54) is 0 Å². The minimum Gasteiger partial charge on any atom is -0.345 e. The van der Waals surface area contributed by atoms with Crippen LogP contribution in [0.4, 0.5) is 0 Å². The van der Waals surface area contributed by atoms with E-state index in [1.807, 2.05) is 30.3 Å². The Morgan fingerprint density at radius 1 is 1.20 bits per heavy atom. The predicted octanol–water partition coefficient (Wildman–Crippen LogP) is 1.74. The molecular formula is C16H22N2O2. The fourth-order valence-electron chi connectivity index (χ4n) is 2.84. The van der Waals surface area contributed by atoms with Crippen molar-refractivity contribution in [1.82, 2.24) is 10.2 Å². The number of carbonyl (C=O) groups excluding carboxylic acids is 2. The lowest BCUT2D eigenvalue weighted by Crippen LogP contribution is -2.62. The zero-order chi connectivity index (χ0) is 14.5. The topological polar surface area (TPSA) is 49.4 Å². The van der Waals surface area contributed by atoms with Crippen molar-refractivity contribution < 1.29 is 9.59 Å². The third-order valence-corrected chi connectivity index (χ3v) is 3.95. The molecule has 1 aliphatic rings. The van der Waals surface area contributed by atoms with Crippen molar-refractivity contribution in [1.29, 1.82) is 0 Å². The van der Waals surface area contributed by atoms with Crippen LogP contribution in [0.25, 0.3) is 0 Å². The van der Waals surface area contributed by atoms with Gasteiger partial charge in [-0.3, -0.25) is 9.59 Å². The first-order chi connectivity index (χ1) is 9.67. The molecule has 20 heavy (non-hydrogen) atoms. The van der Waals surface area contributed by atoms with Gasteiger partial charge < -0.3 is 10.2 Å². The van der Waals surface area contributed by atoms with Gasteiger partial charge in [-0.15, -0.1) is 0 Å². The quantitative estimate of drug-likeness (QED) is 0.889. The minimum absolute atomic E-state index is 0.0271. The molecule has 2 rings (SSSR count). The lowest BCUT2D eigenvalue weighted by Gasteiger charge is -2.40. The zero-order valence-corrected chi connectivity index (χ0v) is 12.1. The summed E-state index contributed by atoms with van der Waals surface area (Å²) in [5.74, 6) is -0.0143. The van der Waals surface area contributed by atoms with Gasteiger partial charge in [0.15, 0.2) is 0 Å². The molecule has 2 amide bonds. The highest BCUT2D eigenvalue weighted by Crippen LogP contribution is 2.19. The third kappa shape index (κ3) is 3.00. The average Bonchev–Trinajstić information content (AvgIpc) is 2.48. The van der Waals surface area contributed by atoms with Crippen molar-refractivity contribution in [3.63, 3.8) is 0 Å². The molecular weight excluding hydrogens is 252 g/mol. The molecule has 1 aromatic carbocycles. The molecule has 0 aromatic heterocycles. The maximum Gasteiger partial charge on any atom is 0.243 e. The second-order valence-corrected chi connectivity index (χ2v) is 5.19. The van der Waals surface area contributed by atoms with E-state index < -0.39 is 0 Å². The van der Waals surface area contributed by atoms with E-state index in [2.05, 4.69) is 19.2 Å². The molecule has 4 heteroatoms. The molecule has 0 radical (unpaired) electrons. The van der Waals surface area contributed by atoms with E-state index in [4.69, 9.17) is 0 Å². The van der Waals surface area contributed by atoms with Crippen LogP contribution in [0.1, 0.15) is 32.3 Å². The molecule has 0 aliphatic carbocycles. The summed E-state index contributed by atoms with van der Waals surface area (Å²) in [6.45, 7) is 4.25. The number of benzene rings is 1. The molecule has 1 atom stereocenters. The number of piperazine rings is 1. The lowest BCUT2D eigenvalue weighted by atomic mass is 9.98. The van der Waals surface area contributed by atoms with E-state index in [9.17, 15) is 9.59 Å². The second-order valence-electron chi connectivity index (χ2n) is 5.19. The Bertz CT molecular complexity index is 469. The number of hydrogen-bond donors (Lipinski definition) is 1. The van der Waals surface area contributed by atoms with Crippen LogP contribution in [0.2, 0.25) is 0 Å². The maximum absolute atomic E-state index is 12.2. The van der Waals surface area contributed by atoms with E-state index in [0.29, 0.717) is 6.42 Å². The van der Waals surface area contributed by atoms with E-state index >= 15 is 0 Å². The monoisotopic (exact) mass is 274 g/mol. The summed E-state index contributed by atoms with van der Waals surface area (Å²) < 4.78 is 0. The van der Waals surface area contributed by atoms with Crippen LogP contribution in [0.15, 0.2) is 30.3 Å². The smallest absolute Gasteiger partial charge is 0.243 e. The van der Waals surface area contributed by atoms with Crippen LogP contribution in [-0.2, 0) is 16.0 Å². The van der Waals surface area contributed by atoms with Gasteiger partial charge >= 0.3 is 0 Å². The van der Waals surface area contributed by atoms with Gasteiger partial charge in [-0.2, -0.15) is 0 Å². The SMILES string of the molecule is CCC(CC)N1C(=O)CNC(=O)C1Cc1ccccc1. The first-order valence-electron chi connectivity index (χ1n) is 7.30. The highest BCUT2D eigenvalue weighted by Gasteiger charge is 2.37. The number of rotatable bonds is 5. The first kappa shape index (κ1) is 14.6. The molecule has 0 saturated carbocycles. The van der Waals surface area contributed by atoms with Gasteiger partial charge in [0, 0.05) is 12.5 Å². The van der Waals surface area contributed by atoms with Crippen LogP contribution in [0.5, 0.6) is 0 Å². The lowest BCUT2D eigenvalue weighted by molar-refractivity contribution is -0.148. The Labute approximate surface area is 120 Å². The van der Waals surface area contributed by atoms with Gasteiger partial charge in [0.25, 0.3) is 0 Å². The highest BCUT2D eigenvalue weighted by atomic mass is 16.2. The van der Waals surface area contributed by atoms with Gasteiger partial charge in [0.1, 0.15) is 6.04 Å². The predicted molar refractivity (Wildman–Crippen MR) is 78.2 cm³/mol. The molecule has 1 aromatic rings. The first-order valence-corrected chi connectivity index (χ1v) is 7.30. The molecule has 1 fully saturated rings. The molecule has 1 saturated heterocycles. The molecule has 1 N–H and O–H groups in total. The van der Waals surface area contributed by atoms with Crippen LogP contribution >= 0.6 is 0 Å². The summed E-state index contributed by atoms with van der Waals surface area (Å²) in [7, 11) is 0. The largest absolute Gasteiger partial charge is 0.345 e. The fraction of sp³-hybridized carbons (Fsp3) is 0.500. The Morgan fingerprint density at radius 3 is 2.45 bits per heavy atom. The maximum atomic E-state index is 12.2. The number of nitrogens with zero attached hydrogens (tertiary/aromatic N) is 1. The fourth-order valence-corrected chi connectivity index (χ4v) is 2.84. The van der Waals surface area contributed by atoms with E-state index in [0.717, 1.165) is 18.4 Å². The summed E-state index contributed by atoms with van der Waals surface area (Å²) >= 11 is 0. The summed E-state index contributed by atoms with van der Waals surface area (Å²) in [5.41, 5.74) is 1.08. The molecule has 1 heterocycles. The van der Waals surface area contributed by atoms with Crippen molar-refractivity contribution in [3.8, 4) is 0 Å². The second kappa shape index (κ2) is 6.55. The molecule has 1 unspecified atom stereocenters. The summed E-state index contributed by atoms with van der Waals surface area (Å²) in [5, 5.41) is 2.71. The number of nitrogens with one attached hydrogen (secondary N) is 1. The number of carbonyl (C=O) groups is 2. The normalized spacial score (nSPS) is 19.4. The highest BCUT2D eigenvalue weighted by molar-refractivity contribution is 5.95. The Balaban J connectivity index is 2.24. The number of hydrogen-bond acceptors (Lipinski definition) is 2. The van der Waals surface area contributed by atoms with Gasteiger partial charge in [0.2, 0.25) is 11.8 Å². The van der Waals surface area contributed by atoms with Gasteiger partial charge in [-0.25, -0.2) is 0 Å². The van der Waals surface area contributed by atoms with Crippen LogP contribution in [0, 0.1) is 0 Å². The van der Waals surface area contributed by atoms with E-state index in [-0.39, 0.29) is 30.4 Å². The zero-order valence-electron chi connectivity index (χ0n) is 12.1. The van der Waals surface area contributed by atoms with Crippen molar-refractivity contribution in [2.45, 2.75) is 45.2 Å². The van der Waals surface area contributed by atoms with Crippen molar-refractivity contribution in [2.75, 3.05) is 6.54 Å². The summed E-state index contributed by atoms with van der Waals surface area (Å²) in [4.78, 5) is 26.2. The molecule has 0 spiro atoms. The van der Waals surface area contributed by atoms with Gasteiger partial charge in [0.05, 0.1) is 6.54 Å². The minimum atomic E-state index is -0.386. The molecule has 108 valence electrons. The molecule has 0 bridgehead atoms. The van der Waals surface area contributed by atoms with Crippen LogP contribution in [-0.4, -0.2) is 35.3 Å². The Morgan fingerprint density at radius 2 is 1.85 bits per heavy atom. The summed E-state index contributed by atoms with van der Waals surface area (Å²) in [6, 6.07) is 9.62. The number of amides is 2. The van der Waals surface area contributed by atoms with Gasteiger partial charge in [-0.1, -0.05) is 44.2 Å². The molecule has 1 aliphatic heterocycles. The van der Waals surface area contributed by atoms with Crippen molar-refractivity contribution >= 4 is 11.8 Å². The third-order valence-electron chi connectivity index (χ3n) is 3.95. The Hall–Kier alpha value is -1.84. The standard InChI is InChI=1S/C16H22N2O2/c1-3-13(4-2)18-14(16(20)17-11-15(18)19)10-12-8-6-5-7-9-12/h5-9,13-14H,3-4,10-11H2,1-2H3,(H,17,20). The van der Waals surface area contributed by atoms with Crippen molar-refractivity contribution in [3.05, 3.63) is 35.9 Å². The molecule has 4 nitrogen and oxygen atoms in total. The van der Waals surface area contributed by atoms with E-state index in [1.54, 1.807) is 4.90 Å². The Kier molecular flexibility index (Phi) is 4.77. The average molecular weight is 274 g/mol.